The van der Waals surface area contributed by atoms with Gasteiger partial charge in [-0.2, -0.15) is 0 Å². The van der Waals surface area contributed by atoms with Crippen molar-refractivity contribution in [2.45, 2.75) is 19.5 Å². The van der Waals surface area contributed by atoms with Gasteiger partial charge in [0.25, 0.3) is 5.91 Å². The fourth-order valence-electron chi connectivity index (χ4n) is 1.58. The lowest BCUT2D eigenvalue weighted by Gasteiger charge is -2.11. The van der Waals surface area contributed by atoms with Crippen molar-refractivity contribution < 1.29 is 9.21 Å². The lowest BCUT2D eigenvalue weighted by Crippen LogP contribution is -2.26. The van der Waals surface area contributed by atoms with E-state index < -0.39 is 0 Å². The van der Waals surface area contributed by atoms with Gasteiger partial charge in [0.2, 0.25) is 0 Å². The molecule has 94 valence electrons. The average Bonchev–Trinajstić information content (AvgIpc) is 2.88. The quantitative estimate of drug-likeness (QED) is 0.857. The first-order chi connectivity index (χ1) is 8.70. The van der Waals surface area contributed by atoms with Crippen molar-refractivity contribution in [1.29, 1.82) is 0 Å². The van der Waals surface area contributed by atoms with E-state index in [4.69, 9.17) is 10.2 Å². The lowest BCUT2D eigenvalue weighted by molar-refractivity contribution is 0.0909. The second-order valence-electron chi connectivity index (χ2n) is 3.92. The summed E-state index contributed by atoms with van der Waals surface area (Å²) >= 11 is 0. The van der Waals surface area contributed by atoms with Gasteiger partial charge >= 0.3 is 0 Å². The van der Waals surface area contributed by atoms with E-state index in [0.717, 1.165) is 5.69 Å². The maximum Gasteiger partial charge on any atom is 0.287 e. The summed E-state index contributed by atoms with van der Waals surface area (Å²) in [5.74, 6) is 0.580. The highest BCUT2D eigenvalue weighted by Crippen LogP contribution is 2.11. The van der Waals surface area contributed by atoms with Crippen molar-refractivity contribution in [3.8, 4) is 0 Å². The van der Waals surface area contributed by atoms with Crippen LogP contribution in [-0.2, 0) is 6.54 Å². The van der Waals surface area contributed by atoms with Gasteiger partial charge in [0.1, 0.15) is 5.76 Å². The lowest BCUT2D eigenvalue weighted by atomic mass is 10.2. The third kappa shape index (κ3) is 2.75. The predicted molar refractivity (Wildman–Crippen MR) is 66.7 cm³/mol. The molecule has 0 fully saturated rings. The van der Waals surface area contributed by atoms with Crippen molar-refractivity contribution in [2.75, 3.05) is 0 Å². The van der Waals surface area contributed by atoms with E-state index in [0.29, 0.717) is 5.76 Å². The van der Waals surface area contributed by atoms with Gasteiger partial charge in [-0.3, -0.25) is 9.78 Å². The number of carbonyl (C=O) groups is 1. The molecule has 2 rings (SSSR count). The van der Waals surface area contributed by atoms with Crippen LogP contribution in [-0.4, -0.2) is 10.9 Å². The minimum Gasteiger partial charge on any atom is -0.455 e. The van der Waals surface area contributed by atoms with E-state index >= 15 is 0 Å². The molecular weight excluding hydrogens is 230 g/mol. The summed E-state index contributed by atoms with van der Waals surface area (Å²) in [4.78, 5) is 16.1. The van der Waals surface area contributed by atoms with Gasteiger partial charge in [-0.25, -0.2) is 0 Å². The zero-order chi connectivity index (χ0) is 13.0. The number of pyridine rings is 1. The van der Waals surface area contributed by atoms with Crippen LogP contribution in [0.1, 0.15) is 35.0 Å². The number of aromatic nitrogens is 1. The molecule has 0 bridgehead atoms. The summed E-state index contributed by atoms with van der Waals surface area (Å²) in [6, 6.07) is 8.70. The minimum absolute atomic E-state index is 0.176. The maximum atomic E-state index is 11.9. The highest BCUT2D eigenvalue weighted by molar-refractivity contribution is 5.91. The molecule has 0 saturated heterocycles. The number of nitrogens with two attached hydrogens (primary N) is 1. The van der Waals surface area contributed by atoms with Gasteiger partial charge in [-0.05, 0) is 31.2 Å². The number of rotatable bonds is 4. The van der Waals surface area contributed by atoms with Crippen molar-refractivity contribution in [3.05, 3.63) is 53.7 Å². The number of carbonyl (C=O) groups excluding carboxylic acids is 1. The number of furan rings is 1. The Labute approximate surface area is 105 Å². The Kier molecular flexibility index (Phi) is 3.74. The molecule has 0 radical (unpaired) electrons. The molecule has 0 unspecified atom stereocenters. The van der Waals surface area contributed by atoms with Crippen LogP contribution in [0.15, 0.2) is 40.9 Å². The SMILES string of the molecule is C[C@@H](NC(=O)c1ccc(CN)o1)c1ccccn1. The molecule has 3 N–H and O–H groups in total. The van der Waals surface area contributed by atoms with E-state index in [1.807, 2.05) is 25.1 Å². The Balaban J connectivity index is 2.03. The highest BCUT2D eigenvalue weighted by atomic mass is 16.4. The fourth-order valence-corrected chi connectivity index (χ4v) is 1.58. The normalized spacial score (nSPS) is 12.1. The van der Waals surface area contributed by atoms with Crippen molar-refractivity contribution in [2.24, 2.45) is 5.73 Å². The van der Waals surface area contributed by atoms with E-state index in [2.05, 4.69) is 10.3 Å². The third-order valence-electron chi connectivity index (χ3n) is 2.57. The molecule has 5 heteroatoms. The van der Waals surface area contributed by atoms with E-state index in [1.54, 1.807) is 18.3 Å². The number of hydrogen-bond donors (Lipinski definition) is 2. The molecule has 2 aromatic heterocycles. The Morgan fingerprint density at radius 1 is 1.44 bits per heavy atom. The zero-order valence-corrected chi connectivity index (χ0v) is 10.1. The van der Waals surface area contributed by atoms with Crippen molar-refractivity contribution in [1.82, 2.24) is 10.3 Å². The van der Waals surface area contributed by atoms with Gasteiger partial charge in [0.15, 0.2) is 5.76 Å². The molecule has 18 heavy (non-hydrogen) atoms. The van der Waals surface area contributed by atoms with Crippen LogP contribution in [0.25, 0.3) is 0 Å². The first-order valence-corrected chi connectivity index (χ1v) is 5.71. The fraction of sp³-hybridized carbons (Fsp3) is 0.231. The standard InChI is InChI=1S/C13H15N3O2/c1-9(11-4-2-3-7-15-11)16-13(17)12-6-5-10(8-14)18-12/h2-7,9H,8,14H2,1H3,(H,16,17)/t9-/m1/s1. The summed E-state index contributed by atoms with van der Waals surface area (Å²) in [5.41, 5.74) is 6.22. The Morgan fingerprint density at radius 2 is 2.28 bits per heavy atom. The molecule has 0 aliphatic carbocycles. The van der Waals surface area contributed by atoms with Gasteiger partial charge in [0, 0.05) is 6.20 Å². The summed E-state index contributed by atoms with van der Waals surface area (Å²) in [6.07, 6.45) is 1.69. The van der Waals surface area contributed by atoms with Crippen molar-refractivity contribution in [3.63, 3.8) is 0 Å². The van der Waals surface area contributed by atoms with Crippen LogP contribution in [0.4, 0.5) is 0 Å². The second kappa shape index (κ2) is 5.46. The maximum absolute atomic E-state index is 11.9. The predicted octanol–water partition coefficient (Wildman–Crippen LogP) is 1.62. The Hall–Kier alpha value is -2.14. The molecule has 0 aliphatic rings. The summed E-state index contributed by atoms with van der Waals surface area (Å²) in [6.45, 7) is 2.15. The number of nitrogens with one attached hydrogen (secondary N) is 1. The largest absolute Gasteiger partial charge is 0.455 e. The van der Waals surface area contributed by atoms with Crippen LogP contribution in [0.3, 0.4) is 0 Å². The minimum atomic E-state index is -0.271. The summed E-state index contributed by atoms with van der Waals surface area (Å²) in [7, 11) is 0. The molecule has 0 spiro atoms. The van der Waals surface area contributed by atoms with E-state index in [1.165, 1.54) is 0 Å². The summed E-state index contributed by atoms with van der Waals surface area (Å²) in [5, 5.41) is 2.81. The van der Waals surface area contributed by atoms with Crippen LogP contribution >= 0.6 is 0 Å². The number of amides is 1. The van der Waals surface area contributed by atoms with Gasteiger partial charge in [-0.1, -0.05) is 6.07 Å². The Morgan fingerprint density at radius 3 is 2.89 bits per heavy atom. The number of hydrogen-bond acceptors (Lipinski definition) is 4. The van der Waals surface area contributed by atoms with Crippen LogP contribution < -0.4 is 11.1 Å². The summed E-state index contributed by atoms with van der Waals surface area (Å²) < 4.78 is 5.27. The van der Waals surface area contributed by atoms with Crippen LogP contribution in [0.2, 0.25) is 0 Å². The molecule has 5 nitrogen and oxygen atoms in total. The van der Waals surface area contributed by atoms with Gasteiger partial charge in [0.05, 0.1) is 18.3 Å². The van der Waals surface area contributed by atoms with Gasteiger partial charge in [-0.15, -0.1) is 0 Å². The molecule has 1 amide bonds. The molecule has 2 aromatic rings. The average molecular weight is 245 g/mol. The molecular formula is C13H15N3O2. The van der Waals surface area contributed by atoms with Crippen LogP contribution in [0, 0.1) is 0 Å². The van der Waals surface area contributed by atoms with E-state index in [9.17, 15) is 4.79 Å². The molecule has 0 aromatic carbocycles. The molecule has 1 atom stereocenters. The van der Waals surface area contributed by atoms with Crippen molar-refractivity contribution >= 4 is 5.91 Å². The second-order valence-corrected chi connectivity index (χ2v) is 3.92. The van der Waals surface area contributed by atoms with Gasteiger partial charge < -0.3 is 15.5 Å². The van der Waals surface area contributed by atoms with E-state index in [-0.39, 0.29) is 24.3 Å². The monoisotopic (exact) mass is 245 g/mol. The van der Waals surface area contributed by atoms with Crippen LogP contribution in [0.5, 0.6) is 0 Å². The smallest absolute Gasteiger partial charge is 0.287 e. The Bertz CT molecular complexity index is 522. The molecule has 0 aliphatic heterocycles. The number of nitrogens with zero attached hydrogens (tertiary/aromatic N) is 1. The topological polar surface area (TPSA) is 81.2 Å². The highest BCUT2D eigenvalue weighted by Gasteiger charge is 2.15. The molecule has 0 saturated carbocycles. The molecule has 2 heterocycles. The zero-order valence-electron chi connectivity index (χ0n) is 10.1. The first-order valence-electron chi connectivity index (χ1n) is 5.71. The first kappa shape index (κ1) is 12.3. The third-order valence-corrected chi connectivity index (χ3v) is 2.57.